The maximum Gasteiger partial charge on any atom is 0.127 e. The Labute approximate surface area is 192 Å². The van der Waals surface area contributed by atoms with Crippen molar-refractivity contribution in [1.82, 2.24) is 9.80 Å². The van der Waals surface area contributed by atoms with Crippen LogP contribution in [0.2, 0.25) is 0 Å². The van der Waals surface area contributed by atoms with Crippen molar-refractivity contribution in [1.29, 1.82) is 0 Å². The van der Waals surface area contributed by atoms with Crippen LogP contribution in [0.4, 0.5) is 0 Å². The largest absolute Gasteiger partial charge is 0.497 e. The Hall–Kier alpha value is -2.30. The minimum atomic E-state index is 0.712. The topological polar surface area (TPSA) is 24.9 Å². The lowest BCUT2D eigenvalue weighted by Crippen LogP contribution is -2.21. The number of fused-ring (bicyclic) bond motifs is 1. The molecule has 5 rings (SSSR count). The predicted molar refractivity (Wildman–Crippen MR) is 130 cm³/mol. The Morgan fingerprint density at radius 2 is 1.75 bits per heavy atom. The van der Waals surface area contributed by atoms with Gasteiger partial charge in [0.15, 0.2) is 0 Å². The summed E-state index contributed by atoms with van der Waals surface area (Å²) in [6, 6.07) is 15.6. The van der Waals surface area contributed by atoms with Crippen molar-refractivity contribution in [2.45, 2.75) is 38.6 Å². The first-order chi connectivity index (χ1) is 15.7. The van der Waals surface area contributed by atoms with Gasteiger partial charge in [-0.3, -0.25) is 4.90 Å². The van der Waals surface area contributed by atoms with Crippen LogP contribution in [0.1, 0.15) is 42.4 Å². The smallest absolute Gasteiger partial charge is 0.127 e. The lowest BCUT2D eigenvalue weighted by Gasteiger charge is -2.19. The van der Waals surface area contributed by atoms with Gasteiger partial charge in [-0.1, -0.05) is 30.3 Å². The first-order valence-corrected chi connectivity index (χ1v) is 12.2. The zero-order valence-electron chi connectivity index (χ0n) is 19.6. The molecule has 2 heterocycles. The molecule has 0 bridgehead atoms. The molecule has 0 amide bonds. The minimum Gasteiger partial charge on any atom is -0.497 e. The molecule has 2 aromatic carbocycles. The van der Waals surface area contributed by atoms with Gasteiger partial charge >= 0.3 is 0 Å². The molecule has 32 heavy (non-hydrogen) atoms. The molecular weight excluding hydrogens is 396 g/mol. The standard InChI is InChI=1S/C28H36N2O2/c1-31-25-11-9-24(28(17-25)32-2)19-30-18-23-10-12-26(27(23)20-30)22-7-5-21(6-8-22)13-16-29-14-3-4-15-29/h5-9,11,17,23H,3-4,10,12-16,18-20H2,1-2H3. The number of methoxy groups -OCH3 is 2. The van der Waals surface area contributed by atoms with E-state index in [0.29, 0.717) is 5.92 Å². The molecule has 4 heteroatoms. The van der Waals surface area contributed by atoms with Gasteiger partial charge < -0.3 is 14.4 Å². The highest BCUT2D eigenvalue weighted by atomic mass is 16.5. The summed E-state index contributed by atoms with van der Waals surface area (Å²) in [6.45, 7) is 6.94. The summed E-state index contributed by atoms with van der Waals surface area (Å²) in [7, 11) is 3.44. The number of ether oxygens (including phenoxy) is 2. The Morgan fingerprint density at radius 3 is 2.50 bits per heavy atom. The molecule has 0 spiro atoms. The third-order valence-corrected chi connectivity index (χ3v) is 7.60. The van der Waals surface area contributed by atoms with Crippen molar-refractivity contribution < 1.29 is 9.47 Å². The summed E-state index contributed by atoms with van der Waals surface area (Å²) >= 11 is 0. The molecule has 1 aliphatic carbocycles. The number of hydrogen-bond donors (Lipinski definition) is 0. The number of rotatable bonds is 8. The highest BCUT2D eigenvalue weighted by Crippen LogP contribution is 2.43. The maximum absolute atomic E-state index is 5.62. The summed E-state index contributed by atoms with van der Waals surface area (Å²) in [5.74, 6) is 2.47. The Balaban J connectivity index is 1.25. The quantitative estimate of drug-likeness (QED) is 0.585. The van der Waals surface area contributed by atoms with E-state index < -0.39 is 0 Å². The molecule has 2 saturated heterocycles. The fourth-order valence-corrected chi connectivity index (χ4v) is 5.78. The number of hydrogen-bond acceptors (Lipinski definition) is 4. The van der Waals surface area contributed by atoms with Gasteiger partial charge in [-0.2, -0.15) is 0 Å². The zero-order chi connectivity index (χ0) is 21.9. The van der Waals surface area contributed by atoms with Crippen LogP contribution < -0.4 is 9.47 Å². The first-order valence-electron chi connectivity index (χ1n) is 12.2. The monoisotopic (exact) mass is 432 g/mol. The van der Waals surface area contributed by atoms with E-state index in [2.05, 4.69) is 40.1 Å². The molecule has 2 aliphatic heterocycles. The Kier molecular flexibility index (Phi) is 6.52. The van der Waals surface area contributed by atoms with Crippen LogP contribution in [-0.4, -0.2) is 56.7 Å². The van der Waals surface area contributed by atoms with E-state index in [-0.39, 0.29) is 0 Å². The van der Waals surface area contributed by atoms with Crippen LogP contribution in [0.3, 0.4) is 0 Å². The summed E-state index contributed by atoms with van der Waals surface area (Å²) in [5, 5.41) is 0. The average molecular weight is 433 g/mol. The van der Waals surface area contributed by atoms with Crippen molar-refractivity contribution >= 4 is 5.57 Å². The molecule has 1 atom stereocenters. The third-order valence-electron chi connectivity index (χ3n) is 7.60. The van der Waals surface area contributed by atoms with E-state index in [4.69, 9.17) is 9.47 Å². The molecule has 0 saturated carbocycles. The normalized spacial score (nSPS) is 21.4. The maximum atomic E-state index is 5.62. The summed E-state index contributed by atoms with van der Waals surface area (Å²) in [5.41, 5.74) is 7.42. The summed E-state index contributed by atoms with van der Waals surface area (Å²) in [4.78, 5) is 5.18. The molecule has 0 radical (unpaired) electrons. The highest BCUT2D eigenvalue weighted by Gasteiger charge is 2.34. The van der Waals surface area contributed by atoms with Gasteiger partial charge in [0.05, 0.1) is 14.2 Å². The molecule has 4 nitrogen and oxygen atoms in total. The number of likely N-dealkylation sites (tertiary alicyclic amines) is 2. The first kappa shape index (κ1) is 21.5. The number of benzene rings is 2. The average Bonchev–Trinajstić information content (AvgIpc) is 3.56. The second-order valence-corrected chi connectivity index (χ2v) is 9.58. The molecular formula is C28H36N2O2. The van der Waals surface area contributed by atoms with Gasteiger partial charge in [0.25, 0.3) is 0 Å². The van der Waals surface area contributed by atoms with Gasteiger partial charge in [0, 0.05) is 37.8 Å². The van der Waals surface area contributed by atoms with E-state index in [1.54, 1.807) is 25.4 Å². The molecule has 2 aromatic rings. The molecule has 0 N–H and O–H groups in total. The molecule has 1 unspecified atom stereocenters. The van der Waals surface area contributed by atoms with E-state index in [0.717, 1.165) is 31.1 Å². The minimum absolute atomic E-state index is 0.712. The van der Waals surface area contributed by atoms with Crippen LogP contribution in [0.25, 0.3) is 5.57 Å². The van der Waals surface area contributed by atoms with Gasteiger partial charge in [-0.25, -0.2) is 0 Å². The lowest BCUT2D eigenvalue weighted by atomic mass is 9.99. The highest BCUT2D eigenvalue weighted by molar-refractivity contribution is 5.72. The molecule has 0 aromatic heterocycles. The van der Waals surface area contributed by atoms with Gasteiger partial charge in [0.1, 0.15) is 11.5 Å². The van der Waals surface area contributed by atoms with Crippen LogP contribution in [0.5, 0.6) is 11.5 Å². The van der Waals surface area contributed by atoms with E-state index in [1.165, 1.54) is 68.4 Å². The van der Waals surface area contributed by atoms with Crippen LogP contribution >= 0.6 is 0 Å². The second-order valence-electron chi connectivity index (χ2n) is 9.58. The van der Waals surface area contributed by atoms with Crippen LogP contribution in [0, 0.1) is 5.92 Å². The van der Waals surface area contributed by atoms with Crippen LogP contribution in [0.15, 0.2) is 48.0 Å². The Morgan fingerprint density at radius 1 is 0.938 bits per heavy atom. The summed E-state index contributed by atoms with van der Waals surface area (Å²) < 4.78 is 11.0. The van der Waals surface area contributed by atoms with Gasteiger partial charge in [-0.05, 0) is 79.5 Å². The Bertz CT molecular complexity index is 960. The molecule has 3 aliphatic rings. The van der Waals surface area contributed by atoms with E-state index in [9.17, 15) is 0 Å². The van der Waals surface area contributed by atoms with Crippen molar-refractivity contribution in [2.24, 2.45) is 5.92 Å². The fourth-order valence-electron chi connectivity index (χ4n) is 5.78. The van der Waals surface area contributed by atoms with E-state index in [1.807, 2.05) is 12.1 Å². The molecule has 170 valence electrons. The third kappa shape index (κ3) is 4.57. The predicted octanol–water partition coefficient (Wildman–Crippen LogP) is 5.02. The van der Waals surface area contributed by atoms with Crippen molar-refractivity contribution in [3.63, 3.8) is 0 Å². The number of nitrogens with zero attached hydrogens (tertiary/aromatic N) is 2. The van der Waals surface area contributed by atoms with Gasteiger partial charge in [0.2, 0.25) is 0 Å². The van der Waals surface area contributed by atoms with Crippen LogP contribution in [-0.2, 0) is 13.0 Å². The summed E-state index contributed by atoms with van der Waals surface area (Å²) in [6.07, 6.45) is 6.44. The zero-order valence-corrected chi connectivity index (χ0v) is 19.6. The van der Waals surface area contributed by atoms with E-state index >= 15 is 0 Å². The lowest BCUT2D eigenvalue weighted by molar-refractivity contribution is 0.305. The molecule has 2 fully saturated rings. The van der Waals surface area contributed by atoms with Crippen molar-refractivity contribution in [3.05, 3.63) is 64.7 Å². The van der Waals surface area contributed by atoms with Crippen molar-refractivity contribution in [3.8, 4) is 11.5 Å². The SMILES string of the molecule is COc1ccc(CN2CC3=C(c4ccc(CCN5CCCC5)cc4)CCC3C2)c(OC)c1. The fraction of sp³-hybridized carbons (Fsp3) is 0.500. The van der Waals surface area contributed by atoms with Crippen molar-refractivity contribution in [2.75, 3.05) is 46.9 Å². The van der Waals surface area contributed by atoms with Gasteiger partial charge in [-0.15, -0.1) is 0 Å². The second kappa shape index (κ2) is 9.68. The number of allylic oxidation sites excluding steroid dienone is 1.